The molecule has 4 rings (SSSR count). The molecule has 0 spiro atoms. The van der Waals surface area contributed by atoms with Crippen molar-refractivity contribution in [3.8, 4) is 23.1 Å². The third-order valence-corrected chi connectivity index (χ3v) is 5.12. The average Bonchev–Trinajstić information content (AvgIpc) is 2.81. The maximum absolute atomic E-state index is 6.37. The van der Waals surface area contributed by atoms with Crippen LogP contribution < -0.4 is 29.7 Å². The normalized spacial score (nSPS) is 13.8. The highest BCUT2D eigenvalue weighted by Crippen LogP contribution is 2.36. The molecule has 0 aliphatic carbocycles. The molecule has 0 bridgehead atoms. The highest BCUT2D eigenvalue weighted by atomic mass is 16.5. The molecule has 1 saturated heterocycles. The van der Waals surface area contributed by atoms with E-state index >= 15 is 0 Å². The summed E-state index contributed by atoms with van der Waals surface area (Å²) in [6.07, 6.45) is 1.48. The van der Waals surface area contributed by atoms with Gasteiger partial charge < -0.3 is 29.7 Å². The number of piperazine rings is 1. The van der Waals surface area contributed by atoms with E-state index < -0.39 is 0 Å². The molecule has 3 aromatic rings. The first-order chi connectivity index (χ1) is 14.7. The Morgan fingerprint density at radius 1 is 0.800 bits per heavy atom. The zero-order valence-electron chi connectivity index (χ0n) is 17.1. The van der Waals surface area contributed by atoms with Gasteiger partial charge >= 0.3 is 0 Å². The number of aromatic nitrogens is 2. The summed E-state index contributed by atoms with van der Waals surface area (Å²) < 4.78 is 16.5. The smallest absolute Gasteiger partial charge is 0.248 e. The molecule has 1 aliphatic heterocycles. The van der Waals surface area contributed by atoms with Crippen LogP contribution in [-0.4, -0.2) is 50.4 Å². The van der Waals surface area contributed by atoms with Gasteiger partial charge in [0.1, 0.15) is 17.8 Å². The summed E-state index contributed by atoms with van der Waals surface area (Å²) >= 11 is 0. The van der Waals surface area contributed by atoms with Crippen molar-refractivity contribution in [2.45, 2.75) is 0 Å². The molecular weight excluding hydrogens is 382 g/mol. The van der Waals surface area contributed by atoms with Gasteiger partial charge in [0.05, 0.1) is 14.2 Å². The van der Waals surface area contributed by atoms with Crippen LogP contribution >= 0.6 is 0 Å². The van der Waals surface area contributed by atoms with Crippen molar-refractivity contribution in [1.82, 2.24) is 9.97 Å². The summed E-state index contributed by atoms with van der Waals surface area (Å²) in [5.74, 6) is 3.03. The number of nitrogen functional groups attached to an aromatic ring is 1. The number of methoxy groups -OCH3 is 2. The minimum atomic E-state index is 0.321. The lowest BCUT2D eigenvalue weighted by Gasteiger charge is -2.37. The summed E-state index contributed by atoms with van der Waals surface area (Å²) in [4.78, 5) is 13.1. The van der Waals surface area contributed by atoms with Crippen LogP contribution in [0, 0.1) is 0 Å². The quantitative estimate of drug-likeness (QED) is 0.667. The van der Waals surface area contributed by atoms with Gasteiger partial charge in [0.25, 0.3) is 0 Å². The van der Waals surface area contributed by atoms with Crippen molar-refractivity contribution in [1.29, 1.82) is 0 Å². The summed E-state index contributed by atoms with van der Waals surface area (Å²) in [6, 6.07) is 15.5. The third-order valence-electron chi connectivity index (χ3n) is 5.12. The van der Waals surface area contributed by atoms with Gasteiger partial charge in [-0.2, -0.15) is 4.98 Å². The Bertz CT molecular complexity index is 988. The fraction of sp³-hybridized carbons (Fsp3) is 0.273. The zero-order chi connectivity index (χ0) is 20.9. The second-order valence-corrected chi connectivity index (χ2v) is 6.84. The lowest BCUT2D eigenvalue weighted by Crippen LogP contribution is -2.47. The maximum Gasteiger partial charge on any atom is 0.248 e. The minimum Gasteiger partial charge on any atom is -0.497 e. The minimum absolute atomic E-state index is 0.321. The van der Waals surface area contributed by atoms with E-state index in [-0.39, 0.29) is 0 Å². The fourth-order valence-corrected chi connectivity index (χ4v) is 3.48. The molecular formula is C22H25N5O3. The van der Waals surface area contributed by atoms with Crippen LogP contribution in [0.15, 0.2) is 54.9 Å². The Kier molecular flexibility index (Phi) is 5.74. The van der Waals surface area contributed by atoms with E-state index in [0.717, 1.165) is 31.9 Å². The topological polar surface area (TPSA) is 86.0 Å². The zero-order valence-corrected chi connectivity index (χ0v) is 17.1. The SMILES string of the molecule is COc1ccc(N2CCN(c3ncnc(Oc4ccccc4OC)c3N)CC2)cc1. The van der Waals surface area contributed by atoms with E-state index in [1.54, 1.807) is 14.2 Å². The summed E-state index contributed by atoms with van der Waals surface area (Å²) in [5.41, 5.74) is 7.96. The van der Waals surface area contributed by atoms with Gasteiger partial charge in [-0.15, -0.1) is 0 Å². The molecule has 0 amide bonds. The average molecular weight is 407 g/mol. The van der Waals surface area contributed by atoms with Gasteiger partial charge in [-0.3, -0.25) is 0 Å². The number of nitrogens with zero attached hydrogens (tertiary/aromatic N) is 4. The van der Waals surface area contributed by atoms with E-state index in [4.69, 9.17) is 19.9 Å². The summed E-state index contributed by atoms with van der Waals surface area (Å²) in [6.45, 7) is 3.31. The number of rotatable bonds is 6. The molecule has 0 atom stereocenters. The van der Waals surface area contributed by atoms with E-state index in [1.165, 1.54) is 12.0 Å². The molecule has 30 heavy (non-hydrogen) atoms. The lowest BCUT2D eigenvalue weighted by atomic mass is 10.2. The first-order valence-corrected chi connectivity index (χ1v) is 9.75. The van der Waals surface area contributed by atoms with E-state index in [9.17, 15) is 0 Å². The molecule has 2 aromatic carbocycles. The van der Waals surface area contributed by atoms with Crippen molar-refractivity contribution >= 4 is 17.2 Å². The molecule has 1 aliphatic rings. The van der Waals surface area contributed by atoms with Crippen molar-refractivity contribution < 1.29 is 14.2 Å². The Morgan fingerprint density at radius 3 is 2.13 bits per heavy atom. The number of hydrogen-bond acceptors (Lipinski definition) is 8. The number of ether oxygens (including phenoxy) is 3. The number of nitrogens with two attached hydrogens (primary N) is 1. The maximum atomic E-state index is 6.37. The Balaban J connectivity index is 1.47. The number of hydrogen-bond donors (Lipinski definition) is 1. The third kappa shape index (κ3) is 4.03. The fourth-order valence-electron chi connectivity index (χ4n) is 3.48. The Morgan fingerprint density at radius 2 is 1.47 bits per heavy atom. The van der Waals surface area contributed by atoms with Gasteiger partial charge in [0.2, 0.25) is 5.88 Å². The molecule has 1 fully saturated rings. The molecule has 0 saturated carbocycles. The van der Waals surface area contributed by atoms with Crippen LogP contribution in [0.3, 0.4) is 0 Å². The predicted octanol–water partition coefficient (Wildman–Crippen LogP) is 3.19. The largest absolute Gasteiger partial charge is 0.497 e. The van der Waals surface area contributed by atoms with Crippen LogP contribution in [0.25, 0.3) is 0 Å². The highest BCUT2D eigenvalue weighted by Gasteiger charge is 2.22. The van der Waals surface area contributed by atoms with Crippen molar-refractivity contribution in [3.63, 3.8) is 0 Å². The molecule has 1 aromatic heterocycles. The second-order valence-electron chi connectivity index (χ2n) is 6.84. The molecule has 2 N–H and O–H groups in total. The van der Waals surface area contributed by atoms with Crippen LogP contribution in [0.4, 0.5) is 17.2 Å². The van der Waals surface area contributed by atoms with Gasteiger partial charge in [-0.05, 0) is 36.4 Å². The van der Waals surface area contributed by atoms with Crippen molar-refractivity contribution in [2.75, 3.05) is 55.9 Å². The first-order valence-electron chi connectivity index (χ1n) is 9.75. The molecule has 0 unspecified atom stereocenters. The molecule has 156 valence electrons. The second kappa shape index (κ2) is 8.77. The van der Waals surface area contributed by atoms with Gasteiger partial charge in [-0.1, -0.05) is 12.1 Å². The lowest BCUT2D eigenvalue weighted by molar-refractivity contribution is 0.374. The number of anilines is 3. The molecule has 0 radical (unpaired) electrons. The van der Waals surface area contributed by atoms with E-state index in [1.807, 2.05) is 36.4 Å². The molecule has 8 heteroatoms. The predicted molar refractivity (Wildman–Crippen MR) is 117 cm³/mol. The number of para-hydroxylation sites is 2. The van der Waals surface area contributed by atoms with Crippen LogP contribution in [0.2, 0.25) is 0 Å². The van der Waals surface area contributed by atoms with Crippen LogP contribution in [0.1, 0.15) is 0 Å². The summed E-state index contributed by atoms with van der Waals surface area (Å²) in [5, 5.41) is 0. The van der Waals surface area contributed by atoms with Crippen molar-refractivity contribution in [3.05, 3.63) is 54.9 Å². The Labute approximate surface area is 175 Å². The van der Waals surface area contributed by atoms with Crippen LogP contribution in [-0.2, 0) is 0 Å². The van der Waals surface area contributed by atoms with Crippen LogP contribution in [0.5, 0.6) is 23.1 Å². The first kappa shape index (κ1) is 19.6. The van der Waals surface area contributed by atoms with E-state index in [2.05, 4.69) is 31.9 Å². The van der Waals surface area contributed by atoms with Gasteiger partial charge in [0.15, 0.2) is 17.3 Å². The molecule has 2 heterocycles. The summed E-state index contributed by atoms with van der Waals surface area (Å²) in [7, 11) is 3.27. The standard InChI is InChI=1S/C22H25N5O3/c1-28-17-9-7-16(8-10-17)26-11-13-27(14-12-26)21-20(23)22(25-15-24-21)30-19-6-4-3-5-18(19)29-2/h3-10,15H,11-14,23H2,1-2H3. The van der Waals surface area contributed by atoms with Gasteiger partial charge in [-0.25, -0.2) is 4.98 Å². The number of benzene rings is 2. The highest BCUT2D eigenvalue weighted by molar-refractivity contribution is 5.69. The van der Waals surface area contributed by atoms with E-state index in [0.29, 0.717) is 28.9 Å². The Hall–Kier alpha value is -3.68. The molecule has 8 nitrogen and oxygen atoms in total. The van der Waals surface area contributed by atoms with Crippen molar-refractivity contribution in [2.24, 2.45) is 0 Å². The van der Waals surface area contributed by atoms with Gasteiger partial charge in [0, 0.05) is 31.9 Å². The monoisotopic (exact) mass is 407 g/mol.